The van der Waals surface area contributed by atoms with E-state index in [0.29, 0.717) is 10.4 Å². The van der Waals surface area contributed by atoms with Crippen molar-refractivity contribution >= 4 is 15.9 Å². The summed E-state index contributed by atoms with van der Waals surface area (Å²) in [5.74, 6) is 1.29. The molecule has 0 aliphatic heterocycles. The third-order valence-corrected chi connectivity index (χ3v) is 4.88. The molecule has 1 saturated carbocycles. The minimum Gasteiger partial charge on any atom is -0.309 e. The molecule has 1 aliphatic carbocycles. The maximum absolute atomic E-state index is 12.2. The van der Waals surface area contributed by atoms with Crippen LogP contribution in [0.25, 0.3) is 0 Å². The van der Waals surface area contributed by atoms with E-state index < -0.39 is 0 Å². The first-order valence-electron chi connectivity index (χ1n) is 7.37. The number of benzene rings is 1. The van der Waals surface area contributed by atoms with E-state index in [-0.39, 0.29) is 11.0 Å². The molecule has 1 aromatic carbocycles. The second kappa shape index (κ2) is 5.41. The standard InChI is InChI=1S/C17H19BrN2O/c1-11(2)10-13-14(18)15(21)20-16(19-13)17(8-9-17)12-6-4-3-5-7-12/h3-7,11H,8-10H2,1-2H3,(H,19,20,21). The molecule has 3 rings (SSSR count). The Balaban J connectivity index is 2.07. The quantitative estimate of drug-likeness (QED) is 0.914. The van der Waals surface area contributed by atoms with Crippen molar-refractivity contribution in [3.05, 3.63) is 62.2 Å². The van der Waals surface area contributed by atoms with E-state index in [0.717, 1.165) is 30.8 Å². The van der Waals surface area contributed by atoms with Gasteiger partial charge in [-0.15, -0.1) is 0 Å². The number of rotatable bonds is 4. The first-order valence-corrected chi connectivity index (χ1v) is 8.17. The van der Waals surface area contributed by atoms with Gasteiger partial charge in [-0.05, 0) is 46.7 Å². The van der Waals surface area contributed by atoms with Crippen molar-refractivity contribution < 1.29 is 0 Å². The molecule has 0 spiro atoms. The summed E-state index contributed by atoms with van der Waals surface area (Å²) in [6.45, 7) is 4.28. The zero-order valence-corrected chi connectivity index (χ0v) is 13.9. The molecule has 0 amide bonds. The lowest BCUT2D eigenvalue weighted by molar-refractivity contribution is 0.619. The van der Waals surface area contributed by atoms with Gasteiger partial charge in [0.2, 0.25) is 0 Å². The molecule has 0 atom stereocenters. The maximum Gasteiger partial charge on any atom is 0.265 e. The average molecular weight is 347 g/mol. The van der Waals surface area contributed by atoms with E-state index in [1.165, 1.54) is 5.56 Å². The van der Waals surface area contributed by atoms with Gasteiger partial charge >= 0.3 is 0 Å². The fourth-order valence-corrected chi connectivity index (χ4v) is 3.15. The molecule has 4 heteroatoms. The summed E-state index contributed by atoms with van der Waals surface area (Å²) in [6.07, 6.45) is 2.90. The molecule has 1 N–H and O–H groups in total. The predicted octanol–water partition coefficient (Wildman–Crippen LogP) is 3.81. The zero-order chi connectivity index (χ0) is 15.0. The molecular weight excluding hydrogens is 328 g/mol. The number of hydrogen-bond donors (Lipinski definition) is 1. The summed E-state index contributed by atoms with van der Waals surface area (Å²) in [4.78, 5) is 20.0. The number of halogens is 1. The number of hydrogen-bond acceptors (Lipinski definition) is 2. The van der Waals surface area contributed by atoms with E-state index in [4.69, 9.17) is 4.98 Å². The summed E-state index contributed by atoms with van der Waals surface area (Å²) in [5, 5.41) is 0. The Morgan fingerprint density at radius 2 is 1.95 bits per heavy atom. The minimum atomic E-state index is -0.0904. The molecule has 2 aromatic rings. The Morgan fingerprint density at radius 1 is 1.29 bits per heavy atom. The lowest BCUT2D eigenvalue weighted by Crippen LogP contribution is -2.23. The Morgan fingerprint density at radius 3 is 2.52 bits per heavy atom. The fourth-order valence-electron chi connectivity index (χ4n) is 2.80. The van der Waals surface area contributed by atoms with E-state index in [9.17, 15) is 4.79 Å². The van der Waals surface area contributed by atoms with E-state index in [1.54, 1.807) is 0 Å². The summed E-state index contributed by atoms with van der Waals surface area (Å²) < 4.78 is 0.573. The zero-order valence-electron chi connectivity index (χ0n) is 12.3. The lowest BCUT2D eigenvalue weighted by Gasteiger charge is -2.17. The van der Waals surface area contributed by atoms with Gasteiger partial charge in [0.1, 0.15) is 10.3 Å². The molecule has 1 aromatic heterocycles. The lowest BCUT2D eigenvalue weighted by atomic mass is 9.95. The Kier molecular flexibility index (Phi) is 3.74. The highest BCUT2D eigenvalue weighted by molar-refractivity contribution is 9.10. The van der Waals surface area contributed by atoms with E-state index in [1.807, 2.05) is 18.2 Å². The van der Waals surface area contributed by atoms with Crippen LogP contribution in [0.15, 0.2) is 39.6 Å². The van der Waals surface area contributed by atoms with Gasteiger partial charge in [-0.2, -0.15) is 0 Å². The van der Waals surface area contributed by atoms with Crippen LogP contribution < -0.4 is 5.56 Å². The van der Waals surface area contributed by atoms with Crippen LogP contribution in [0.1, 0.15) is 43.8 Å². The second-order valence-corrected chi connectivity index (χ2v) is 7.01. The normalized spacial score (nSPS) is 16.2. The summed E-state index contributed by atoms with van der Waals surface area (Å²) in [7, 11) is 0. The Hall–Kier alpha value is -1.42. The summed E-state index contributed by atoms with van der Waals surface area (Å²) in [6, 6.07) is 10.3. The molecule has 0 radical (unpaired) electrons. The fraction of sp³-hybridized carbons (Fsp3) is 0.412. The molecule has 0 bridgehead atoms. The van der Waals surface area contributed by atoms with E-state index in [2.05, 4.69) is 46.9 Å². The van der Waals surface area contributed by atoms with Crippen molar-refractivity contribution in [1.29, 1.82) is 0 Å². The molecule has 110 valence electrons. The number of aromatic amines is 1. The molecular formula is C17H19BrN2O. The van der Waals surface area contributed by atoms with Gasteiger partial charge in [-0.3, -0.25) is 4.79 Å². The second-order valence-electron chi connectivity index (χ2n) is 6.22. The molecule has 3 nitrogen and oxygen atoms in total. The van der Waals surface area contributed by atoms with Crippen LogP contribution in [0.4, 0.5) is 0 Å². The van der Waals surface area contributed by atoms with Crippen molar-refractivity contribution in [2.24, 2.45) is 5.92 Å². The average Bonchev–Trinajstić information content (AvgIpc) is 3.26. The Labute approximate surface area is 133 Å². The van der Waals surface area contributed by atoms with Crippen molar-refractivity contribution in [3.8, 4) is 0 Å². The monoisotopic (exact) mass is 346 g/mol. The number of nitrogens with zero attached hydrogens (tertiary/aromatic N) is 1. The van der Waals surface area contributed by atoms with E-state index >= 15 is 0 Å². The van der Waals surface area contributed by atoms with Crippen LogP contribution in [0, 0.1) is 5.92 Å². The van der Waals surface area contributed by atoms with Crippen LogP contribution in [0.3, 0.4) is 0 Å². The predicted molar refractivity (Wildman–Crippen MR) is 87.6 cm³/mol. The van der Waals surface area contributed by atoms with Gasteiger partial charge in [-0.1, -0.05) is 44.2 Å². The van der Waals surface area contributed by atoms with Crippen LogP contribution in [-0.2, 0) is 11.8 Å². The highest BCUT2D eigenvalue weighted by Crippen LogP contribution is 2.51. The van der Waals surface area contributed by atoms with Crippen LogP contribution >= 0.6 is 15.9 Å². The number of H-pyrrole nitrogens is 1. The molecule has 1 fully saturated rings. The van der Waals surface area contributed by atoms with Crippen LogP contribution in [0.5, 0.6) is 0 Å². The van der Waals surface area contributed by atoms with Gasteiger partial charge in [0.25, 0.3) is 5.56 Å². The summed E-state index contributed by atoms with van der Waals surface area (Å²) >= 11 is 3.38. The van der Waals surface area contributed by atoms with Gasteiger partial charge in [0, 0.05) is 0 Å². The van der Waals surface area contributed by atoms with Crippen molar-refractivity contribution in [2.45, 2.75) is 38.5 Å². The molecule has 1 aliphatic rings. The molecule has 1 heterocycles. The first-order chi connectivity index (χ1) is 10.0. The largest absolute Gasteiger partial charge is 0.309 e. The third kappa shape index (κ3) is 2.69. The molecule has 0 unspecified atom stereocenters. The van der Waals surface area contributed by atoms with Gasteiger partial charge in [-0.25, -0.2) is 4.98 Å². The van der Waals surface area contributed by atoms with Crippen LogP contribution in [0.2, 0.25) is 0 Å². The highest BCUT2D eigenvalue weighted by atomic mass is 79.9. The molecule has 0 saturated heterocycles. The highest BCUT2D eigenvalue weighted by Gasteiger charge is 2.48. The SMILES string of the molecule is CC(C)Cc1nc(C2(c3ccccc3)CC2)[nH]c(=O)c1Br. The minimum absolute atomic E-state index is 0.0714. The number of nitrogens with one attached hydrogen (secondary N) is 1. The van der Waals surface area contributed by atoms with Crippen molar-refractivity contribution in [2.75, 3.05) is 0 Å². The van der Waals surface area contributed by atoms with Gasteiger partial charge in [0.05, 0.1) is 11.1 Å². The van der Waals surface area contributed by atoms with Crippen molar-refractivity contribution in [3.63, 3.8) is 0 Å². The first kappa shape index (κ1) is 14.5. The smallest absolute Gasteiger partial charge is 0.265 e. The number of aromatic nitrogens is 2. The Bertz CT molecular complexity index is 702. The maximum atomic E-state index is 12.2. The third-order valence-electron chi connectivity index (χ3n) is 4.06. The van der Waals surface area contributed by atoms with Crippen LogP contribution in [-0.4, -0.2) is 9.97 Å². The molecule has 21 heavy (non-hydrogen) atoms. The summed E-state index contributed by atoms with van der Waals surface area (Å²) in [5.41, 5.74) is 1.95. The van der Waals surface area contributed by atoms with Crippen molar-refractivity contribution in [1.82, 2.24) is 9.97 Å². The topological polar surface area (TPSA) is 45.8 Å². The van der Waals surface area contributed by atoms with Gasteiger partial charge < -0.3 is 4.98 Å². The van der Waals surface area contributed by atoms with Gasteiger partial charge in [0.15, 0.2) is 0 Å².